The van der Waals surface area contributed by atoms with Crippen LogP contribution in [0, 0.1) is 0 Å². The van der Waals surface area contributed by atoms with E-state index in [1.807, 2.05) is 4.68 Å². The zero-order valence-corrected chi connectivity index (χ0v) is 10.2. The molecule has 6 heteroatoms. The highest BCUT2D eigenvalue weighted by molar-refractivity contribution is 5.93. The van der Waals surface area contributed by atoms with Gasteiger partial charge in [-0.15, -0.1) is 0 Å². The molecule has 0 fully saturated rings. The van der Waals surface area contributed by atoms with Crippen LogP contribution in [0.25, 0.3) is 0 Å². The van der Waals surface area contributed by atoms with Crippen molar-refractivity contribution in [2.75, 3.05) is 20.7 Å². The number of aryl methyl sites for hydroxylation is 1. The van der Waals surface area contributed by atoms with Crippen molar-refractivity contribution in [3.05, 3.63) is 17.0 Å². The summed E-state index contributed by atoms with van der Waals surface area (Å²) in [5.41, 5.74) is 2.43. The fourth-order valence-corrected chi connectivity index (χ4v) is 2.07. The molecule has 1 aliphatic heterocycles. The summed E-state index contributed by atoms with van der Waals surface area (Å²) < 4.78 is 7.08. The number of aromatic nitrogens is 2. The molecule has 0 atom stereocenters. The molecule has 17 heavy (non-hydrogen) atoms. The topological polar surface area (TPSA) is 68.2 Å². The van der Waals surface area contributed by atoms with Gasteiger partial charge in [0.15, 0.2) is 5.69 Å². The first-order valence-electron chi connectivity index (χ1n) is 5.78. The second-order valence-corrected chi connectivity index (χ2v) is 4.04. The van der Waals surface area contributed by atoms with E-state index < -0.39 is 0 Å². The summed E-state index contributed by atoms with van der Waals surface area (Å²) in [6.45, 7) is 2.98. The van der Waals surface area contributed by atoms with E-state index in [2.05, 4.69) is 15.7 Å². The van der Waals surface area contributed by atoms with Crippen LogP contribution in [0.15, 0.2) is 0 Å². The van der Waals surface area contributed by atoms with Crippen LogP contribution >= 0.6 is 0 Å². The summed E-state index contributed by atoms with van der Waals surface area (Å²) in [6.07, 6.45) is 1.02. The van der Waals surface area contributed by atoms with E-state index in [-0.39, 0.29) is 5.91 Å². The predicted octanol–water partition coefficient (Wildman–Crippen LogP) is -0.118. The third-order valence-corrected chi connectivity index (χ3v) is 2.91. The van der Waals surface area contributed by atoms with E-state index >= 15 is 0 Å². The van der Waals surface area contributed by atoms with Gasteiger partial charge in [0.1, 0.15) is 0 Å². The maximum Gasteiger partial charge on any atom is 0.271 e. The van der Waals surface area contributed by atoms with E-state index in [0.29, 0.717) is 12.3 Å². The quantitative estimate of drug-likeness (QED) is 0.770. The van der Waals surface area contributed by atoms with Gasteiger partial charge in [-0.3, -0.25) is 9.48 Å². The Balaban J connectivity index is 2.42. The van der Waals surface area contributed by atoms with Crippen molar-refractivity contribution in [1.82, 2.24) is 20.4 Å². The van der Waals surface area contributed by atoms with Crippen LogP contribution < -0.4 is 10.6 Å². The van der Waals surface area contributed by atoms with Crippen molar-refractivity contribution >= 4 is 5.91 Å². The van der Waals surface area contributed by atoms with Crippen molar-refractivity contribution in [1.29, 1.82) is 0 Å². The van der Waals surface area contributed by atoms with Gasteiger partial charge in [-0.2, -0.15) is 5.10 Å². The Kier molecular flexibility index (Phi) is 3.75. The smallest absolute Gasteiger partial charge is 0.271 e. The molecule has 0 aliphatic carbocycles. The second kappa shape index (κ2) is 5.29. The molecule has 0 aromatic carbocycles. The first kappa shape index (κ1) is 12.1. The molecule has 0 unspecified atom stereocenters. The molecule has 0 spiro atoms. The number of nitrogens with zero attached hydrogens (tertiary/aromatic N) is 2. The molecule has 1 aromatic rings. The van der Waals surface area contributed by atoms with E-state index in [9.17, 15) is 4.79 Å². The molecule has 1 amide bonds. The summed E-state index contributed by atoms with van der Waals surface area (Å²) in [5, 5.41) is 10.3. The highest BCUT2D eigenvalue weighted by Gasteiger charge is 2.22. The summed E-state index contributed by atoms with van der Waals surface area (Å²) in [6, 6.07) is 0. The van der Waals surface area contributed by atoms with Crippen molar-refractivity contribution in [3.63, 3.8) is 0 Å². The molecule has 6 nitrogen and oxygen atoms in total. The molecule has 0 radical (unpaired) electrons. The molecule has 1 aromatic heterocycles. The number of hydrogen-bond acceptors (Lipinski definition) is 4. The normalized spacial score (nSPS) is 15.2. The van der Waals surface area contributed by atoms with Gasteiger partial charge in [0.2, 0.25) is 0 Å². The lowest BCUT2D eigenvalue weighted by molar-refractivity contribution is 0.0952. The second-order valence-electron chi connectivity index (χ2n) is 4.04. The molecule has 1 aliphatic rings. The Morgan fingerprint density at radius 1 is 1.65 bits per heavy atom. The molecule has 2 N–H and O–H groups in total. The molecule has 0 saturated carbocycles. The Hall–Kier alpha value is -1.40. The third-order valence-electron chi connectivity index (χ3n) is 2.91. The van der Waals surface area contributed by atoms with Gasteiger partial charge >= 0.3 is 0 Å². The molecule has 0 bridgehead atoms. The summed E-state index contributed by atoms with van der Waals surface area (Å²) in [5.74, 6) is -0.155. The average Bonchev–Trinajstić information content (AvgIpc) is 2.53. The van der Waals surface area contributed by atoms with Crippen molar-refractivity contribution in [2.45, 2.75) is 26.1 Å². The summed E-state index contributed by atoms with van der Waals surface area (Å²) >= 11 is 0. The minimum Gasteiger partial charge on any atom is -0.380 e. The third kappa shape index (κ3) is 2.32. The Bertz CT molecular complexity index is 414. The number of ether oxygens (including phenoxy) is 1. The van der Waals surface area contributed by atoms with Gasteiger partial charge in [-0.05, 0) is 13.0 Å². The van der Waals surface area contributed by atoms with Gasteiger partial charge < -0.3 is 15.4 Å². The van der Waals surface area contributed by atoms with Gasteiger partial charge in [0.25, 0.3) is 5.91 Å². The van der Waals surface area contributed by atoms with Crippen LogP contribution in [0.5, 0.6) is 0 Å². The van der Waals surface area contributed by atoms with Crippen LogP contribution in [-0.2, 0) is 24.4 Å². The Morgan fingerprint density at radius 3 is 3.18 bits per heavy atom. The largest absolute Gasteiger partial charge is 0.380 e. The maximum absolute atomic E-state index is 11.7. The fraction of sp³-hybridized carbons (Fsp3) is 0.636. The molecule has 2 rings (SSSR count). The fourth-order valence-electron chi connectivity index (χ4n) is 2.07. The van der Waals surface area contributed by atoms with Gasteiger partial charge in [0.05, 0.1) is 12.3 Å². The van der Waals surface area contributed by atoms with Crippen LogP contribution in [0.3, 0.4) is 0 Å². The average molecular weight is 238 g/mol. The predicted molar refractivity (Wildman–Crippen MR) is 62.7 cm³/mol. The van der Waals surface area contributed by atoms with Gasteiger partial charge in [0, 0.05) is 32.8 Å². The first-order chi connectivity index (χ1) is 8.27. The van der Waals surface area contributed by atoms with Crippen molar-refractivity contribution < 1.29 is 9.53 Å². The SMILES string of the molecule is CNC(=O)c1nn2c(c1COC)CNCCC2. The minimum absolute atomic E-state index is 0.155. The Morgan fingerprint density at radius 2 is 2.47 bits per heavy atom. The molecule has 0 saturated heterocycles. The van der Waals surface area contributed by atoms with Crippen LogP contribution in [0.1, 0.15) is 28.2 Å². The Labute approximate surface area is 100 Å². The van der Waals surface area contributed by atoms with E-state index in [4.69, 9.17) is 4.74 Å². The lowest BCUT2D eigenvalue weighted by Gasteiger charge is -2.05. The molecule has 94 valence electrons. The first-order valence-corrected chi connectivity index (χ1v) is 5.78. The number of nitrogens with one attached hydrogen (secondary N) is 2. The number of fused-ring (bicyclic) bond motifs is 1. The van der Waals surface area contributed by atoms with Crippen LogP contribution in [-0.4, -0.2) is 36.4 Å². The number of amides is 1. The van der Waals surface area contributed by atoms with Crippen LogP contribution in [0.2, 0.25) is 0 Å². The molecule has 2 heterocycles. The van der Waals surface area contributed by atoms with Gasteiger partial charge in [-0.1, -0.05) is 0 Å². The molecular formula is C11H18N4O2. The minimum atomic E-state index is -0.155. The van der Waals surface area contributed by atoms with Gasteiger partial charge in [-0.25, -0.2) is 0 Å². The number of hydrogen-bond donors (Lipinski definition) is 2. The van der Waals surface area contributed by atoms with Crippen LogP contribution in [0.4, 0.5) is 0 Å². The standard InChI is InChI=1S/C11H18N4O2/c1-12-11(16)10-8(7-17-2)9-6-13-4-3-5-15(9)14-10/h13H,3-7H2,1-2H3,(H,12,16). The monoisotopic (exact) mass is 238 g/mol. The van der Waals surface area contributed by atoms with E-state index in [1.54, 1.807) is 14.2 Å². The number of carbonyl (C=O) groups excluding carboxylic acids is 1. The summed E-state index contributed by atoms with van der Waals surface area (Å²) in [7, 11) is 3.24. The zero-order valence-electron chi connectivity index (χ0n) is 10.2. The number of rotatable bonds is 3. The highest BCUT2D eigenvalue weighted by atomic mass is 16.5. The lowest BCUT2D eigenvalue weighted by Crippen LogP contribution is -2.21. The lowest BCUT2D eigenvalue weighted by atomic mass is 10.1. The molecular weight excluding hydrogens is 220 g/mol. The van der Waals surface area contributed by atoms with Crippen molar-refractivity contribution in [3.8, 4) is 0 Å². The summed E-state index contributed by atoms with van der Waals surface area (Å²) in [4.78, 5) is 11.7. The number of methoxy groups -OCH3 is 1. The highest BCUT2D eigenvalue weighted by Crippen LogP contribution is 2.18. The number of carbonyl (C=O) groups is 1. The maximum atomic E-state index is 11.7. The van der Waals surface area contributed by atoms with E-state index in [0.717, 1.165) is 37.3 Å². The van der Waals surface area contributed by atoms with E-state index in [1.165, 1.54) is 0 Å². The van der Waals surface area contributed by atoms with Crippen molar-refractivity contribution in [2.24, 2.45) is 0 Å². The zero-order chi connectivity index (χ0) is 12.3.